The normalized spacial score (nSPS) is 17.2. The summed E-state index contributed by atoms with van der Waals surface area (Å²) >= 11 is 0. The van der Waals surface area contributed by atoms with Crippen LogP contribution in [0.5, 0.6) is 0 Å². The topological polar surface area (TPSA) is 34.9 Å². The molecule has 5 aromatic rings. The van der Waals surface area contributed by atoms with Crippen LogP contribution in [0.2, 0.25) is 0 Å². The van der Waals surface area contributed by atoms with E-state index >= 15 is 4.57 Å². The Morgan fingerprint density at radius 3 is 2.06 bits per heavy atom. The average Bonchev–Trinajstić information content (AvgIpc) is 3.25. The molecule has 0 radical (unpaired) electrons. The van der Waals surface area contributed by atoms with Crippen molar-refractivity contribution < 1.29 is 4.57 Å². The molecule has 0 saturated heterocycles. The van der Waals surface area contributed by atoms with Crippen molar-refractivity contribution in [2.24, 2.45) is 0 Å². The Balaban J connectivity index is 1.83. The third kappa shape index (κ3) is 2.82. The minimum absolute atomic E-state index is 0.189. The Labute approximate surface area is 194 Å². The highest BCUT2D eigenvalue weighted by atomic mass is 31.2. The predicted octanol–water partition coefficient (Wildman–Crippen LogP) is 5.94. The van der Waals surface area contributed by atoms with Crippen molar-refractivity contribution in [2.45, 2.75) is 26.2 Å². The maximum Gasteiger partial charge on any atom is 0.175 e. The number of fused-ring (bicyclic) bond motifs is 2. The van der Waals surface area contributed by atoms with Crippen LogP contribution in [0.15, 0.2) is 97.1 Å². The third-order valence-corrected chi connectivity index (χ3v) is 9.58. The molecule has 33 heavy (non-hydrogen) atoms. The van der Waals surface area contributed by atoms with Crippen molar-refractivity contribution in [3.8, 4) is 16.8 Å². The largest absolute Gasteiger partial charge is 0.308 e. The van der Waals surface area contributed by atoms with Crippen molar-refractivity contribution in [3.05, 3.63) is 103 Å². The second kappa shape index (κ2) is 7.04. The van der Waals surface area contributed by atoms with Gasteiger partial charge in [0.05, 0.1) is 16.7 Å². The first-order chi connectivity index (χ1) is 15.9. The summed E-state index contributed by atoms with van der Waals surface area (Å²) in [7, 11) is -3.08. The van der Waals surface area contributed by atoms with Gasteiger partial charge >= 0.3 is 0 Å². The Hall–Kier alpha value is -3.42. The summed E-state index contributed by atoms with van der Waals surface area (Å²) in [5, 5.41) is 2.60. The smallest absolute Gasteiger partial charge is 0.175 e. The number of hydrogen-bond donors (Lipinski definition) is 0. The Kier molecular flexibility index (Phi) is 4.31. The molecular weight excluding hydrogens is 423 g/mol. The van der Waals surface area contributed by atoms with E-state index in [9.17, 15) is 0 Å². The van der Waals surface area contributed by atoms with E-state index in [0.29, 0.717) is 0 Å². The lowest BCUT2D eigenvalue weighted by Crippen LogP contribution is -2.34. The second-order valence-electron chi connectivity index (χ2n) is 9.65. The van der Waals surface area contributed by atoms with Crippen molar-refractivity contribution >= 4 is 34.1 Å². The molecule has 4 heteroatoms. The standard InChI is InChI=1S/C29H25N2OP/c1-29(2,3)28-30-26-22(20-12-6-4-7-13-20)18-19-25-27(26)31(28)23-16-10-11-17-24(23)33(25,32)21-14-8-5-9-15-21/h4-19H,1-3H3. The van der Waals surface area contributed by atoms with Gasteiger partial charge in [-0.15, -0.1) is 0 Å². The zero-order chi connectivity index (χ0) is 22.8. The summed E-state index contributed by atoms with van der Waals surface area (Å²) in [4.78, 5) is 5.23. The van der Waals surface area contributed by atoms with E-state index in [4.69, 9.17) is 4.98 Å². The van der Waals surface area contributed by atoms with Crippen LogP contribution in [0.25, 0.3) is 27.8 Å². The van der Waals surface area contributed by atoms with Crippen LogP contribution < -0.4 is 15.9 Å². The van der Waals surface area contributed by atoms with Crippen LogP contribution in [0, 0.1) is 0 Å². The number of imidazole rings is 1. The molecule has 6 rings (SSSR count). The lowest BCUT2D eigenvalue weighted by atomic mass is 9.95. The molecule has 162 valence electrons. The first-order valence-electron chi connectivity index (χ1n) is 11.3. The maximum absolute atomic E-state index is 15.1. The van der Waals surface area contributed by atoms with Crippen LogP contribution >= 0.6 is 7.14 Å². The van der Waals surface area contributed by atoms with E-state index in [2.05, 4.69) is 55.7 Å². The number of rotatable bonds is 2. The van der Waals surface area contributed by atoms with Gasteiger partial charge in [0, 0.05) is 26.9 Å². The molecule has 0 amide bonds. The molecule has 1 atom stereocenters. The minimum Gasteiger partial charge on any atom is -0.308 e. The van der Waals surface area contributed by atoms with Crippen LogP contribution in [0.1, 0.15) is 26.6 Å². The SMILES string of the molecule is CC(C)(C)c1nc2c(-c3ccccc3)ccc3c2n1-c1ccccc1P3(=O)c1ccccc1. The molecule has 1 unspecified atom stereocenters. The molecule has 3 nitrogen and oxygen atoms in total. The third-order valence-electron chi connectivity index (χ3n) is 6.46. The lowest BCUT2D eigenvalue weighted by molar-refractivity contribution is 0.539. The molecule has 4 aromatic carbocycles. The summed E-state index contributed by atoms with van der Waals surface area (Å²) in [6, 6.07) is 32.5. The molecule has 0 saturated carbocycles. The van der Waals surface area contributed by atoms with Gasteiger partial charge in [0.2, 0.25) is 0 Å². The molecule has 0 spiro atoms. The Bertz CT molecular complexity index is 1560. The van der Waals surface area contributed by atoms with Crippen molar-refractivity contribution in [1.82, 2.24) is 9.55 Å². The van der Waals surface area contributed by atoms with Gasteiger partial charge < -0.3 is 4.57 Å². The molecule has 0 fully saturated rings. The quantitative estimate of drug-likeness (QED) is 0.307. The van der Waals surface area contributed by atoms with E-state index in [1.54, 1.807) is 0 Å². The van der Waals surface area contributed by atoms with E-state index < -0.39 is 7.14 Å². The highest BCUT2D eigenvalue weighted by Crippen LogP contribution is 2.51. The molecule has 0 bridgehead atoms. The van der Waals surface area contributed by atoms with Crippen molar-refractivity contribution in [2.75, 3.05) is 0 Å². The Morgan fingerprint density at radius 2 is 1.36 bits per heavy atom. The maximum atomic E-state index is 15.1. The molecule has 1 aliphatic heterocycles. The van der Waals surface area contributed by atoms with Gasteiger partial charge in [-0.1, -0.05) is 99.6 Å². The molecular formula is C29H25N2OP. The van der Waals surface area contributed by atoms with Crippen LogP contribution in [-0.2, 0) is 9.98 Å². The van der Waals surface area contributed by atoms with Gasteiger partial charge in [-0.25, -0.2) is 4.98 Å². The Morgan fingerprint density at radius 1 is 0.727 bits per heavy atom. The van der Waals surface area contributed by atoms with E-state index in [0.717, 1.165) is 49.6 Å². The summed E-state index contributed by atoms with van der Waals surface area (Å²) in [6.07, 6.45) is 0. The molecule has 0 N–H and O–H groups in total. The first kappa shape index (κ1) is 20.2. The number of aromatic nitrogens is 2. The number of nitrogens with zero attached hydrogens (tertiary/aromatic N) is 2. The van der Waals surface area contributed by atoms with E-state index in [-0.39, 0.29) is 5.41 Å². The number of para-hydroxylation sites is 1. The summed E-state index contributed by atoms with van der Waals surface area (Å²) in [5.41, 5.74) is 4.84. The van der Waals surface area contributed by atoms with E-state index in [1.165, 1.54) is 0 Å². The molecule has 1 aromatic heterocycles. The predicted molar refractivity (Wildman–Crippen MR) is 138 cm³/mol. The summed E-state index contributed by atoms with van der Waals surface area (Å²) in [5.74, 6) is 0.980. The zero-order valence-electron chi connectivity index (χ0n) is 19.0. The highest BCUT2D eigenvalue weighted by Gasteiger charge is 2.41. The first-order valence-corrected chi connectivity index (χ1v) is 13.0. The number of benzene rings is 4. The van der Waals surface area contributed by atoms with Gasteiger partial charge in [-0.05, 0) is 23.8 Å². The fraction of sp³-hybridized carbons (Fsp3) is 0.138. The number of hydrogen-bond acceptors (Lipinski definition) is 2. The van der Waals surface area contributed by atoms with Gasteiger partial charge in [-0.2, -0.15) is 0 Å². The van der Waals surface area contributed by atoms with Gasteiger partial charge in [0.25, 0.3) is 0 Å². The molecule has 0 aliphatic carbocycles. The van der Waals surface area contributed by atoms with Gasteiger partial charge in [-0.3, -0.25) is 4.57 Å². The summed E-state index contributed by atoms with van der Waals surface area (Å²) < 4.78 is 17.4. The fourth-order valence-electron chi connectivity index (χ4n) is 4.97. The van der Waals surface area contributed by atoms with Crippen LogP contribution in [0.3, 0.4) is 0 Å². The van der Waals surface area contributed by atoms with E-state index in [1.807, 2.05) is 66.7 Å². The lowest BCUT2D eigenvalue weighted by Gasteiger charge is -2.31. The monoisotopic (exact) mass is 448 g/mol. The highest BCUT2D eigenvalue weighted by molar-refractivity contribution is 7.86. The summed E-state index contributed by atoms with van der Waals surface area (Å²) in [6.45, 7) is 6.56. The average molecular weight is 449 g/mol. The van der Waals surface area contributed by atoms with Gasteiger partial charge in [0.1, 0.15) is 5.82 Å². The minimum atomic E-state index is -3.08. The molecule has 2 heterocycles. The molecule has 1 aliphatic rings. The van der Waals surface area contributed by atoms with Gasteiger partial charge in [0.15, 0.2) is 7.14 Å². The zero-order valence-corrected chi connectivity index (χ0v) is 19.9. The second-order valence-corrected chi connectivity index (χ2v) is 12.3. The van der Waals surface area contributed by atoms with Crippen molar-refractivity contribution in [1.29, 1.82) is 0 Å². The van der Waals surface area contributed by atoms with Crippen molar-refractivity contribution in [3.63, 3.8) is 0 Å². The van der Waals surface area contributed by atoms with Crippen LogP contribution in [-0.4, -0.2) is 9.55 Å². The fourth-order valence-corrected chi connectivity index (χ4v) is 7.96. The van der Waals surface area contributed by atoms with Crippen LogP contribution in [0.4, 0.5) is 0 Å².